The Morgan fingerprint density at radius 3 is 2.64 bits per heavy atom. The Morgan fingerprint density at radius 1 is 1.12 bits per heavy atom. The average Bonchev–Trinajstić information content (AvgIpc) is 2.59. The first-order valence-corrected chi connectivity index (χ1v) is 8.85. The number of aryl methyl sites for hydroxylation is 2. The van der Waals surface area contributed by atoms with Crippen LogP contribution in [0.1, 0.15) is 17.0 Å². The van der Waals surface area contributed by atoms with E-state index in [1.807, 2.05) is 62.4 Å². The summed E-state index contributed by atoms with van der Waals surface area (Å²) in [5.41, 5.74) is 5.30. The Balaban J connectivity index is 1.59. The van der Waals surface area contributed by atoms with Crippen LogP contribution in [-0.4, -0.2) is 27.8 Å². The molecule has 0 saturated carbocycles. The average molecular weight is 350 g/mol. The third kappa shape index (κ3) is 4.64. The molecule has 25 heavy (non-hydrogen) atoms. The summed E-state index contributed by atoms with van der Waals surface area (Å²) in [5, 5.41) is 6.90. The molecule has 0 radical (unpaired) electrons. The Bertz CT molecular complexity index is 914. The van der Waals surface area contributed by atoms with Crippen molar-refractivity contribution in [3.63, 3.8) is 0 Å². The summed E-state index contributed by atoms with van der Waals surface area (Å²) in [7, 11) is 0. The fourth-order valence-corrected chi connectivity index (χ4v) is 3.20. The van der Waals surface area contributed by atoms with Gasteiger partial charge < -0.3 is 0 Å². The second-order valence-electron chi connectivity index (χ2n) is 5.58. The number of carbonyl (C=O) groups excluding carboxylic acids is 1. The van der Waals surface area contributed by atoms with Gasteiger partial charge in [-0.3, -0.25) is 4.79 Å². The van der Waals surface area contributed by atoms with E-state index in [0.29, 0.717) is 5.16 Å². The highest BCUT2D eigenvalue weighted by Gasteiger charge is 2.05. The highest BCUT2D eigenvalue weighted by atomic mass is 32.2. The number of carbonyl (C=O) groups is 1. The Morgan fingerprint density at radius 2 is 1.84 bits per heavy atom. The van der Waals surface area contributed by atoms with Gasteiger partial charge in [0.15, 0.2) is 5.16 Å². The molecule has 0 unspecified atom stereocenters. The molecule has 1 N–H and O–H groups in total. The van der Waals surface area contributed by atoms with Gasteiger partial charge in [-0.15, -0.1) is 0 Å². The number of hydrogen-bond donors (Lipinski definition) is 1. The van der Waals surface area contributed by atoms with Crippen LogP contribution in [0, 0.1) is 13.8 Å². The molecule has 2 aromatic carbocycles. The first kappa shape index (κ1) is 17.1. The molecule has 1 amide bonds. The Labute approximate surface area is 150 Å². The lowest BCUT2D eigenvalue weighted by atomic mass is 10.1. The van der Waals surface area contributed by atoms with E-state index in [9.17, 15) is 4.79 Å². The number of thioether (sulfide) groups is 1. The van der Waals surface area contributed by atoms with Crippen molar-refractivity contribution in [2.45, 2.75) is 19.0 Å². The van der Waals surface area contributed by atoms with E-state index in [1.165, 1.54) is 11.8 Å². The zero-order chi connectivity index (χ0) is 17.6. The van der Waals surface area contributed by atoms with E-state index in [0.717, 1.165) is 27.7 Å². The number of hydrazone groups is 1. The van der Waals surface area contributed by atoms with Crippen LogP contribution >= 0.6 is 11.8 Å². The molecule has 0 fully saturated rings. The summed E-state index contributed by atoms with van der Waals surface area (Å²) in [4.78, 5) is 20.5. The molecule has 0 atom stereocenters. The second kappa shape index (κ2) is 7.90. The molecule has 0 aliphatic heterocycles. The SMILES string of the molecule is Cc1cc(C)nc(SCC(=O)N/N=C\c2cccc3ccccc23)n1. The Kier molecular flexibility index (Phi) is 5.40. The molecule has 126 valence electrons. The predicted molar refractivity (Wildman–Crippen MR) is 102 cm³/mol. The number of nitrogens with one attached hydrogen (secondary N) is 1. The van der Waals surface area contributed by atoms with Crippen molar-refractivity contribution in [1.29, 1.82) is 0 Å². The van der Waals surface area contributed by atoms with Crippen LogP contribution in [-0.2, 0) is 4.79 Å². The van der Waals surface area contributed by atoms with E-state index in [2.05, 4.69) is 20.5 Å². The van der Waals surface area contributed by atoms with Crippen molar-refractivity contribution in [3.8, 4) is 0 Å². The molecule has 3 rings (SSSR count). The van der Waals surface area contributed by atoms with Crippen molar-refractivity contribution >= 4 is 34.7 Å². The second-order valence-corrected chi connectivity index (χ2v) is 6.53. The topological polar surface area (TPSA) is 67.2 Å². The minimum absolute atomic E-state index is 0.191. The number of nitrogens with zero attached hydrogens (tertiary/aromatic N) is 3. The highest BCUT2D eigenvalue weighted by Crippen LogP contribution is 2.17. The largest absolute Gasteiger partial charge is 0.272 e. The number of fused-ring (bicyclic) bond motifs is 1. The van der Waals surface area contributed by atoms with E-state index in [4.69, 9.17) is 0 Å². The van der Waals surface area contributed by atoms with Crippen LogP contribution in [0.15, 0.2) is 58.8 Å². The van der Waals surface area contributed by atoms with Gasteiger partial charge >= 0.3 is 0 Å². The minimum Gasteiger partial charge on any atom is -0.272 e. The Hall–Kier alpha value is -2.73. The molecule has 3 aromatic rings. The molecule has 0 aliphatic rings. The van der Waals surface area contributed by atoms with Crippen LogP contribution in [0.5, 0.6) is 0 Å². The van der Waals surface area contributed by atoms with Gasteiger partial charge in [-0.05, 0) is 30.7 Å². The third-order valence-electron chi connectivity index (χ3n) is 3.51. The van der Waals surface area contributed by atoms with Crippen molar-refractivity contribution < 1.29 is 4.79 Å². The standard InChI is InChI=1S/C19H18N4OS/c1-13-10-14(2)22-19(21-13)25-12-18(24)23-20-11-16-8-5-7-15-6-3-4-9-17(15)16/h3-11H,12H2,1-2H3,(H,23,24)/b20-11-. The number of aromatic nitrogens is 2. The lowest BCUT2D eigenvalue weighted by Crippen LogP contribution is -2.19. The molecular formula is C19H18N4OS. The van der Waals surface area contributed by atoms with Crippen molar-refractivity contribution in [2.75, 3.05) is 5.75 Å². The fraction of sp³-hybridized carbons (Fsp3) is 0.158. The van der Waals surface area contributed by atoms with Crippen molar-refractivity contribution in [3.05, 3.63) is 65.5 Å². The number of amides is 1. The van der Waals surface area contributed by atoms with Crippen molar-refractivity contribution in [2.24, 2.45) is 5.10 Å². The first-order valence-electron chi connectivity index (χ1n) is 7.86. The summed E-state index contributed by atoms with van der Waals surface area (Å²) in [6, 6.07) is 16.0. The van der Waals surface area contributed by atoms with Crippen LogP contribution in [0.25, 0.3) is 10.8 Å². The maximum atomic E-state index is 11.9. The van der Waals surface area contributed by atoms with Crippen LogP contribution in [0.4, 0.5) is 0 Å². The normalized spacial score (nSPS) is 11.1. The number of hydrogen-bond acceptors (Lipinski definition) is 5. The molecule has 5 nitrogen and oxygen atoms in total. The summed E-state index contributed by atoms with van der Waals surface area (Å²) in [6.45, 7) is 3.82. The molecule has 6 heteroatoms. The van der Waals surface area contributed by atoms with Gasteiger partial charge in [0.25, 0.3) is 5.91 Å². The lowest BCUT2D eigenvalue weighted by Gasteiger charge is -2.03. The van der Waals surface area contributed by atoms with Gasteiger partial charge in [-0.2, -0.15) is 5.10 Å². The fourth-order valence-electron chi connectivity index (χ4n) is 2.46. The summed E-state index contributed by atoms with van der Waals surface area (Å²) < 4.78 is 0. The van der Waals surface area contributed by atoms with Gasteiger partial charge in [-0.1, -0.05) is 54.2 Å². The first-order chi connectivity index (χ1) is 12.1. The lowest BCUT2D eigenvalue weighted by molar-refractivity contribution is -0.118. The molecular weight excluding hydrogens is 332 g/mol. The van der Waals surface area contributed by atoms with Crippen LogP contribution in [0.2, 0.25) is 0 Å². The molecule has 0 spiro atoms. The minimum atomic E-state index is -0.191. The van der Waals surface area contributed by atoms with Crippen LogP contribution in [0.3, 0.4) is 0 Å². The molecule has 0 aliphatic carbocycles. The van der Waals surface area contributed by atoms with E-state index >= 15 is 0 Å². The summed E-state index contributed by atoms with van der Waals surface area (Å²) in [5.74, 6) is 0.0275. The van der Waals surface area contributed by atoms with Gasteiger partial charge in [0, 0.05) is 17.0 Å². The van der Waals surface area contributed by atoms with Gasteiger partial charge in [0.2, 0.25) is 0 Å². The summed E-state index contributed by atoms with van der Waals surface area (Å²) in [6.07, 6.45) is 1.66. The monoisotopic (exact) mass is 350 g/mol. The predicted octanol–water partition coefficient (Wildman–Crippen LogP) is 3.49. The summed E-state index contributed by atoms with van der Waals surface area (Å²) >= 11 is 1.30. The van der Waals surface area contributed by atoms with Gasteiger partial charge in [0.05, 0.1) is 12.0 Å². The number of rotatable bonds is 5. The third-order valence-corrected chi connectivity index (χ3v) is 4.36. The van der Waals surface area contributed by atoms with Gasteiger partial charge in [-0.25, -0.2) is 15.4 Å². The molecule has 0 saturated heterocycles. The molecule has 0 bridgehead atoms. The van der Waals surface area contributed by atoms with E-state index < -0.39 is 0 Å². The van der Waals surface area contributed by atoms with Gasteiger partial charge in [0.1, 0.15) is 0 Å². The van der Waals surface area contributed by atoms with E-state index in [1.54, 1.807) is 6.21 Å². The smallest absolute Gasteiger partial charge is 0.250 e. The van der Waals surface area contributed by atoms with Crippen molar-refractivity contribution in [1.82, 2.24) is 15.4 Å². The quantitative estimate of drug-likeness (QED) is 0.331. The maximum absolute atomic E-state index is 11.9. The highest BCUT2D eigenvalue weighted by molar-refractivity contribution is 7.99. The molecule has 1 aromatic heterocycles. The molecule has 1 heterocycles. The maximum Gasteiger partial charge on any atom is 0.250 e. The van der Waals surface area contributed by atoms with E-state index in [-0.39, 0.29) is 11.7 Å². The zero-order valence-electron chi connectivity index (χ0n) is 14.1. The van der Waals surface area contributed by atoms with Crippen LogP contribution < -0.4 is 5.43 Å². The number of benzene rings is 2. The zero-order valence-corrected chi connectivity index (χ0v) is 14.9.